The summed E-state index contributed by atoms with van der Waals surface area (Å²) >= 11 is 0. The number of hydrogen-bond donors (Lipinski definition) is 2. The molecule has 0 unspecified atom stereocenters. The Bertz CT molecular complexity index is 763. The summed E-state index contributed by atoms with van der Waals surface area (Å²) in [5.41, 5.74) is 10.1. The van der Waals surface area contributed by atoms with Gasteiger partial charge in [-0.3, -0.25) is 0 Å². The number of aliphatic imine (C=N–C) groups is 1. The number of aromatic nitrogens is 3. The smallest absolute Gasteiger partial charge is 0.193 e. The van der Waals surface area contributed by atoms with Crippen molar-refractivity contribution in [2.45, 2.75) is 32.5 Å². The van der Waals surface area contributed by atoms with Crippen LogP contribution in [0, 0.1) is 13.8 Å². The van der Waals surface area contributed by atoms with Gasteiger partial charge in [-0.1, -0.05) is 11.3 Å². The highest BCUT2D eigenvalue weighted by atomic mass is 127. The first-order valence-corrected chi connectivity index (χ1v) is 8.22. The number of hydrogen-bond acceptors (Lipinski definition) is 5. The molecule has 3 N–H and O–H groups in total. The van der Waals surface area contributed by atoms with Crippen LogP contribution in [0.4, 0.5) is 5.69 Å². The number of nitrogens with two attached hydrogens (primary N) is 1. The number of methoxy groups -OCH3 is 1. The quantitative estimate of drug-likeness (QED) is 0.393. The van der Waals surface area contributed by atoms with Gasteiger partial charge >= 0.3 is 0 Å². The number of ether oxygens (including phenoxy) is 2. The minimum Gasteiger partial charge on any atom is -0.377 e. The number of guanidine groups is 1. The van der Waals surface area contributed by atoms with Gasteiger partial charge in [0.05, 0.1) is 26.0 Å². The molecule has 9 heteroatoms. The molecular weight excluding hydrogens is 447 g/mol. The average molecular weight is 472 g/mol. The molecule has 8 nitrogen and oxygen atoms in total. The van der Waals surface area contributed by atoms with Gasteiger partial charge in [-0.2, -0.15) is 0 Å². The molecule has 1 aromatic carbocycles. The van der Waals surface area contributed by atoms with Crippen LogP contribution in [0.2, 0.25) is 0 Å². The highest BCUT2D eigenvalue weighted by molar-refractivity contribution is 14.0. The van der Waals surface area contributed by atoms with Gasteiger partial charge in [0.25, 0.3) is 0 Å². The van der Waals surface area contributed by atoms with E-state index in [0.717, 1.165) is 11.4 Å². The fourth-order valence-electron chi connectivity index (χ4n) is 2.72. The maximum atomic E-state index is 5.96. The van der Waals surface area contributed by atoms with E-state index < -0.39 is 0 Å². The lowest BCUT2D eigenvalue weighted by Gasteiger charge is -2.15. The highest BCUT2D eigenvalue weighted by Gasteiger charge is 2.30. The van der Waals surface area contributed by atoms with Gasteiger partial charge in [-0.05, 0) is 37.1 Å². The monoisotopic (exact) mass is 472 g/mol. The molecule has 1 aromatic heterocycles. The number of benzene rings is 1. The second kappa shape index (κ2) is 9.28. The van der Waals surface area contributed by atoms with Crippen LogP contribution in [0.15, 0.2) is 29.4 Å². The van der Waals surface area contributed by atoms with Crippen molar-refractivity contribution in [3.05, 3.63) is 41.2 Å². The van der Waals surface area contributed by atoms with Crippen molar-refractivity contribution in [1.29, 1.82) is 0 Å². The predicted octanol–water partition coefficient (Wildman–Crippen LogP) is 2.03. The summed E-state index contributed by atoms with van der Waals surface area (Å²) in [5.74, 6) is 0.344. The maximum Gasteiger partial charge on any atom is 0.193 e. The third-order valence-corrected chi connectivity index (χ3v) is 4.39. The SMILES string of the molecule is CO[C@@H]1COC[C@H]1n1cc(CN=C(N)Nc2ccc(C)c(C)c2)nn1.I. The van der Waals surface area contributed by atoms with E-state index in [4.69, 9.17) is 15.2 Å². The Morgan fingerprint density at radius 2 is 2.19 bits per heavy atom. The zero-order chi connectivity index (χ0) is 17.8. The summed E-state index contributed by atoms with van der Waals surface area (Å²) in [6, 6.07) is 6.11. The number of anilines is 1. The molecule has 1 aliphatic heterocycles. The maximum absolute atomic E-state index is 5.96. The van der Waals surface area contributed by atoms with Crippen LogP contribution in [0.1, 0.15) is 22.9 Å². The normalized spacial score (nSPS) is 20.0. The van der Waals surface area contributed by atoms with Gasteiger partial charge < -0.3 is 20.5 Å². The second-order valence-electron chi connectivity index (χ2n) is 6.19. The van der Waals surface area contributed by atoms with Crippen LogP contribution >= 0.6 is 24.0 Å². The second-order valence-corrected chi connectivity index (χ2v) is 6.19. The lowest BCUT2D eigenvalue weighted by atomic mass is 10.1. The summed E-state index contributed by atoms with van der Waals surface area (Å²) in [6.45, 7) is 5.63. The minimum absolute atomic E-state index is 0. The molecule has 0 aliphatic carbocycles. The van der Waals surface area contributed by atoms with Crippen molar-refractivity contribution < 1.29 is 9.47 Å². The summed E-state index contributed by atoms with van der Waals surface area (Å²) < 4.78 is 12.6. The van der Waals surface area contributed by atoms with Crippen molar-refractivity contribution in [1.82, 2.24) is 15.0 Å². The van der Waals surface area contributed by atoms with E-state index in [2.05, 4.69) is 34.5 Å². The Kier molecular flexibility index (Phi) is 7.35. The molecule has 142 valence electrons. The fraction of sp³-hybridized carbons (Fsp3) is 0.471. The Hall–Kier alpha value is -1.72. The third-order valence-electron chi connectivity index (χ3n) is 4.39. The highest BCUT2D eigenvalue weighted by Crippen LogP contribution is 2.21. The van der Waals surface area contributed by atoms with Gasteiger partial charge in [0, 0.05) is 12.8 Å². The van der Waals surface area contributed by atoms with Crippen molar-refractivity contribution >= 4 is 35.6 Å². The average Bonchev–Trinajstić information content (AvgIpc) is 3.24. The van der Waals surface area contributed by atoms with Gasteiger partial charge in [-0.15, -0.1) is 29.1 Å². The van der Waals surface area contributed by atoms with Crippen LogP contribution < -0.4 is 11.1 Å². The Labute approximate surface area is 170 Å². The lowest BCUT2D eigenvalue weighted by molar-refractivity contribution is 0.0661. The van der Waals surface area contributed by atoms with E-state index in [-0.39, 0.29) is 36.1 Å². The van der Waals surface area contributed by atoms with Crippen molar-refractivity contribution in [3.8, 4) is 0 Å². The van der Waals surface area contributed by atoms with E-state index in [1.807, 2.05) is 24.4 Å². The molecule has 0 spiro atoms. The topological polar surface area (TPSA) is 99.6 Å². The van der Waals surface area contributed by atoms with E-state index in [0.29, 0.717) is 25.7 Å². The Morgan fingerprint density at radius 1 is 1.38 bits per heavy atom. The molecule has 3 rings (SSSR count). The third kappa shape index (κ3) is 4.92. The van der Waals surface area contributed by atoms with Gasteiger partial charge in [0.15, 0.2) is 5.96 Å². The van der Waals surface area contributed by atoms with E-state index >= 15 is 0 Å². The molecule has 26 heavy (non-hydrogen) atoms. The van der Waals surface area contributed by atoms with Crippen molar-refractivity contribution in [2.24, 2.45) is 10.7 Å². The predicted molar refractivity (Wildman–Crippen MR) is 111 cm³/mol. The first-order valence-electron chi connectivity index (χ1n) is 8.22. The molecular formula is C17H25IN6O2. The molecule has 2 aromatic rings. The number of nitrogens with one attached hydrogen (secondary N) is 1. The van der Waals surface area contributed by atoms with E-state index in [1.54, 1.807) is 11.8 Å². The lowest BCUT2D eigenvalue weighted by Crippen LogP contribution is -2.24. The van der Waals surface area contributed by atoms with E-state index in [1.165, 1.54) is 11.1 Å². The molecule has 0 saturated carbocycles. The van der Waals surface area contributed by atoms with E-state index in [9.17, 15) is 0 Å². The van der Waals surface area contributed by atoms with Gasteiger partial charge in [-0.25, -0.2) is 9.67 Å². The molecule has 1 aliphatic rings. The minimum atomic E-state index is -0.00503. The Balaban J connectivity index is 0.00000243. The first-order chi connectivity index (χ1) is 12.1. The molecule has 2 atom stereocenters. The molecule has 2 heterocycles. The zero-order valence-corrected chi connectivity index (χ0v) is 17.5. The zero-order valence-electron chi connectivity index (χ0n) is 15.2. The Morgan fingerprint density at radius 3 is 2.92 bits per heavy atom. The summed E-state index contributed by atoms with van der Waals surface area (Å²) in [6.07, 6.45) is 1.85. The first kappa shape index (κ1) is 20.6. The number of halogens is 1. The molecule has 0 amide bonds. The van der Waals surface area contributed by atoms with Crippen LogP contribution in [-0.4, -0.2) is 47.4 Å². The molecule has 1 fully saturated rings. The van der Waals surface area contributed by atoms with Gasteiger partial charge in [0.2, 0.25) is 0 Å². The van der Waals surface area contributed by atoms with Crippen molar-refractivity contribution in [2.75, 3.05) is 25.6 Å². The number of aryl methyl sites for hydroxylation is 2. The molecule has 1 saturated heterocycles. The largest absolute Gasteiger partial charge is 0.377 e. The summed E-state index contributed by atoms with van der Waals surface area (Å²) in [4.78, 5) is 4.33. The standard InChI is InChI=1S/C17H24N6O2.HI/c1-11-4-5-13(6-12(11)2)20-17(18)19-7-14-8-23(22-21-14)15-9-25-10-16(15)24-3;/h4-6,8,15-16H,7,9-10H2,1-3H3,(H3,18,19,20);1H/t15-,16-;/m1./s1. The summed E-state index contributed by atoms with van der Waals surface area (Å²) in [5, 5.41) is 11.4. The van der Waals surface area contributed by atoms with Gasteiger partial charge in [0.1, 0.15) is 17.8 Å². The fourth-order valence-corrected chi connectivity index (χ4v) is 2.72. The van der Waals surface area contributed by atoms with Crippen molar-refractivity contribution in [3.63, 3.8) is 0 Å². The van der Waals surface area contributed by atoms with Crippen LogP contribution in [0.25, 0.3) is 0 Å². The van der Waals surface area contributed by atoms with Crippen LogP contribution in [0.5, 0.6) is 0 Å². The molecule has 0 radical (unpaired) electrons. The van der Waals surface area contributed by atoms with Crippen LogP contribution in [0.3, 0.4) is 0 Å². The van der Waals surface area contributed by atoms with Crippen LogP contribution in [-0.2, 0) is 16.0 Å². The molecule has 0 bridgehead atoms. The number of rotatable bonds is 5. The summed E-state index contributed by atoms with van der Waals surface area (Å²) in [7, 11) is 1.67. The number of nitrogens with zero attached hydrogens (tertiary/aromatic N) is 4.